The van der Waals surface area contributed by atoms with E-state index in [4.69, 9.17) is 23.7 Å². The Morgan fingerprint density at radius 1 is 1.02 bits per heavy atom. The summed E-state index contributed by atoms with van der Waals surface area (Å²) in [4.78, 5) is 54.0. The van der Waals surface area contributed by atoms with Gasteiger partial charge in [-0.3, -0.25) is 19.2 Å². The van der Waals surface area contributed by atoms with E-state index in [9.17, 15) is 39.6 Å². The number of aliphatic hydroxyl groups excluding tert-OH is 2. The maximum absolute atomic E-state index is 14.4. The number of aliphatic hydroxyl groups is 4. The minimum absolute atomic E-state index is 0.0624. The fraction of sp³-hybridized carbons (Fsp3) is 0.862. The van der Waals surface area contributed by atoms with E-state index >= 15 is 0 Å². The second-order valence-electron chi connectivity index (χ2n) is 14.6. The number of hydrogen-bond acceptors (Lipinski definition) is 13. The first-order valence-electron chi connectivity index (χ1n) is 14.8. The zero-order chi connectivity index (χ0) is 30.2. The molecule has 0 amide bonds. The molecular formula is C29H36O13. The lowest BCUT2D eigenvalue weighted by atomic mass is 9.58. The van der Waals surface area contributed by atoms with Gasteiger partial charge in [-0.15, -0.1) is 0 Å². The van der Waals surface area contributed by atoms with Crippen molar-refractivity contribution in [3.8, 4) is 0 Å². The molecule has 15 atom stereocenters. The van der Waals surface area contributed by atoms with Gasteiger partial charge in [0.1, 0.15) is 35.3 Å². The molecule has 0 aromatic carbocycles. The van der Waals surface area contributed by atoms with Crippen LogP contribution in [0.5, 0.6) is 0 Å². The zero-order valence-electron chi connectivity index (χ0n) is 23.8. The van der Waals surface area contributed by atoms with Crippen LogP contribution in [0.15, 0.2) is 0 Å². The maximum atomic E-state index is 14.4. The molecule has 6 heterocycles. The quantitative estimate of drug-likeness (QED) is 0.207. The van der Waals surface area contributed by atoms with Crippen molar-refractivity contribution >= 4 is 23.5 Å². The summed E-state index contributed by atoms with van der Waals surface area (Å²) in [5.41, 5.74) is -11.1. The van der Waals surface area contributed by atoms with Crippen LogP contribution in [0.3, 0.4) is 0 Å². The smallest absolute Gasteiger partial charge is 0.311 e. The van der Waals surface area contributed by atoms with Crippen LogP contribution in [0.4, 0.5) is 0 Å². The standard InChI is InChI=1S/C29H36O13/c1-11-17-19(38-20(11)34)28(37)21-24(3,22(35)25(28,4)36)14(31)8-26-9-27-13(6-5-12(26)18(33)29(21,41-17)42-26)23(2,10-30)39-15(27)7-16(32)40-27/h11-13,15,17-19,21,30,33,36-37H,5-10H2,1-4H3/t11-,12-,13-,15+,17+,18+,19-,21+,23-,24+,25-,26+,27+,28-,29+/m0/s1. The predicted molar refractivity (Wildman–Crippen MR) is 133 cm³/mol. The monoisotopic (exact) mass is 592 g/mol. The molecule has 0 aromatic heterocycles. The Kier molecular flexibility index (Phi) is 4.88. The molecule has 3 spiro atoms. The SMILES string of the molecule is C[C@@H]1C(=O)O[C@H]2[C@@H]1O[C@]13O[C@]4(CC(=O)[C@@]5(C)C(=O)[C@](C)(O)[C@@]2(O)[C@@H]51)C[C@]12OC(=O)C[C@H]1O[C@@](C)(CO)[C@@H]2CC[C@H]4[C@H]3O. The van der Waals surface area contributed by atoms with Gasteiger partial charge in [-0.05, 0) is 40.5 Å². The van der Waals surface area contributed by atoms with Crippen LogP contribution in [-0.4, -0.2) is 109 Å². The molecule has 8 aliphatic rings. The lowest BCUT2D eigenvalue weighted by molar-refractivity contribution is -0.398. The average Bonchev–Trinajstić information content (AvgIpc) is 3.49. The van der Waals surface area contributed by atoms with Crippen LogP contribution in [0.1, 0.15) is 59.8 Å². The summed E-state index contributed by atoms with van der Waals surface area (Å²) in [6.45, 7) is 5.35. The van der Waals surface area contributed by atoms with Crippen LogP contribution in [0.25, 0.3) is 0 Å². The van der Waals surface area contributed by atoms with E-state index in [0.29, 0.717) is 6.42 Å². The third-order valence-corrected chi connectivity index (χ3v) is 12.7. The lowest BCUT2D eigenvalue weighted by Gasteiger charge is -2.56. The Labute approximate surface area is 240 Å². The molecule has 4 N–H and O–H groups in total. The van der Waals surface area contributed by atoms with Crippen molar-refractivity contribution < 1.29 is 63.3 Å². The number of esters is 2. The number of ether oxygens (including phenoxy) is 5. The Morgan fingerprint density at radius 3 is 2.43 bits per heavy atom. The second-order valence-corrected chi connectivity index (χ2v) is 14.6. The van der Waals surface area contributed by atoms with Crippen molar-refractivity contribution in [2.45, 2.75) is 118 Å². The molecule has 2 saturated carbocycles. The van der Waals surface area contributed by atoms with E-state index in [-0.39, 0.29) is 25.9 Å². The van der Waals surface area contributed by atoms with Gasteiger partial charge in [0, 0.05) is 24.7 Å². The highest BCUT2D eigenvalue weighted by Gasteiger charge is 2.91. The van der Waals surface area contributed by atoms with E-state index < -0.39 is 117 Å². The second kappa shape index (κ2) is 7.44. The topological polar surface area (TPSA) is 195 Å². The van der Waals surface area contributed by atoms with Gasteiger partial charge in [0.05, 0.1) is 41.5 Å². The molecule has 8 fully saturated rings. The van der Waals surface area contributed by atoms with Gasteiger partial charge in [0.25, 0.3) is 0 Å². The Bertz CT molecular complexity index is 1360. The average molecular weight is 593 g/mol. The van der Waals surface area contributed by atoms with Gasteiger partial charge >= 0.3 is 11.9 Å². The molecule has 6 aliphatic heterocycles. The molecular weight excluding hydrogens is 556 g/mol. The first-order chi connectivity index (χ1) is 19.5. The fourth-order valence-corrected chi connectivity index (χ4v) is 10.9. The summed E-state index contributed by atoms with van der Waals surface area (Å²) in [5.74, 6) is -8.87. The highest BCUT2D eigenvalue weighted by atomic mass is 16.8. The minimum Gasteiger partial charge on any atom is -0.456 e. The third kappa shape index (κ3) is 2.54. The van der Waals surface area contributed by atoms with Gasteiger partial charge in [-0.2, -0.15) is 0 Å². The molecule has 13 heteroatoms. The summed E-state index contributed by atoms with van der Waals surface area (Å²) in [7, 11) is 0. The lowest BCUT2D eigenvalue weighted by Crippen LogP contribution is -2.75. The van der Waals surface area contributed by atoms with E-state index in [1.54, 1.807) is 6.92 Å². The third-order valence-electron chi connectivity index (χ3n) is 12.7. The van der Waals surface area contributed by atoms with Gasteiger partial charge in [-0.25, -0.2) is 0 Å². The summed E-state index contributed by atoms with van der Waals surface area (Å²) in [5, 5.41) is 46.8. The van der Waals surface area contributed by atoms with Crippen molar-refractivity contribution in [2.24, 2.45) is 29.1 Å². The van der Waals surface area contributed by atoms with E-state index in [2.05, 4.69) is 0 Å². The highest BCUT2D eigenvalue weighted by molar-refractivity contribution is 6.14. The van der Waals surface area contributed by atoms with Gasteiger partial charge in [0.15, 0.2) is 17.5 Å². The Hall–Kier alpha value is -2.00. The van der Waals surface area contributed by atoms with Crippen LogP contribution in [-0.2, 0) is 42.9 Å². The number of ketones is 2. The van der Waals surface area contributed by atoms with E-state index in [1.807, 2.05) is 0 Å². The summed E-state index contributed by atoms with van der Waals surface area (Å²) in [6, 6.07) is 0. The Morgan fingerprint density at radius 2 is 1.74 bits per heavy atom. The zero-order valence-corrected chi connectivity index (χ0v) is 23.8. The molecule has 2 aliphatic carbocycles. The molecule has 6 saturated heterocycles. The number of rotatable bonds is 1. The largest absolute Gasteiger partial charge is 0.456 e. The maximum Gasteiger partial charge on any atom is 0.311 e. The van der Waals surface area contributed by atoms with Crippen molar-refractivity contribution in [1.82, 2.24) is 0 Å². The van der Waals surface area contributed by atoms with E-state index in [1.165, 1.54) is 13.8 Å². The van der Waals surface area contributed by atoms with Crippen molar-refractivity contribution in [3.63, 3.8) is 0 Å². The fourth-order valence-electron chi connectivity index (χ4n) is 10.9. The molecule has 2 bridgehead atoms. The molecule has 0 unspecified atom stereocenters. The van der Waals surface area contributed by atoms with Crippen LogP contribution >= 0.6 is 0 Å². The molecule has 42 heavy (non-hydrogen) atoms. The molecule has 0 radical (unpaired) electrons. The molecule has 0 aromatic rings. The van der Waals surface area contributed by atoms with Crippen LogP contribution in [0, 0.1) is 29.1 Å². The predicted octanol–water partition coefficient (Wildman–Crippen LogP) is -1.32. The van der Waals surface area contributed by atoms with Gasteiger partial charge < -0.3 is 44.1 Å². The minimum atomic E-state index is -2.55. The van der Waals surface area contributed by atoms with Crippen LogP contribution < -0.4 is 0 Å². The summed E-state index contributed by atoms with van der Waals surface area (Å²) in [6.07, 6.45) is -4.93. The van der Waals surface area contributed by atoms with Gasteiger partial charge in [-0.1, -0.05) is 0 Å². The van der Waals surface area contributed by atoms with Crippen molar-refractivity contribution in [1.29, 1.82) is 0 Å². The summed E-state index contributed by atoms with van der Waals surface area (Å²) >= 11 is 0. The van der Waals surface area contributed by atoms with E-state index in [0.717, 1.165) is 6.92 Å². The van der Waals surface area contributed by atoms with Crippen molar-refractivity contribution in [2.75, 3.05) is 6.61 Å². The normalized spacial score (nSPS) is 62.4. The number of carbonyl (C=O) groups excluding carboxylic acids is 4. The molecule has 13 nitrogen and oxygen atoms in total. The Balaban J connectivity index is 1.35. The number of fused-ring (bicyclic) bond motifs is 2. The number of hydrogen-bond donors (Lipinski definition) is 4. The molecule has 8 rings (SSSR count). The number of carbonyl (C=O) groups is 4. The number of Topliss-reactive ketones (excluding diaryl/α,β-unsaturated/α-hetero) is 2. The highest BCUT2D eigenvalue weighted by Crippen LogP contribution is 2.73. The summed E-state index contributed by atoms with van der Waals surface area (Å²) < 4.78 is 31.2. The first-order valence-corrected chi connectivity index (χ1v) is 14.8. The van der Waals surface area contributed by atoms with Gasteiger partial charge in [0.2, 0.25) is 5.79 Å². The van der Waals surface area contributed by atoms with Crippen LogP contribution in [0.2, 0.25) is 0 Å². The molecule has 230 valence electrons. The van der Waals surface area contributed by atoms with Crippen molar-refractivity contribution in [3.05, 3.63) is 0 Å². The first kappa shape index (κ1) is 27.5.